The number of aryl methyl sites for hydroxylation is 2. The lowest BCUT2D eigenvalue weighted by molar-refractivity contribution is -0.384. The van der Waals surface area contributed by atoms with Crippen LogP contribution >= 0.6 is 0 Å². The second-order valence-electron chi connectivity index (χ2n) is 7.05. The molecule has 0 aliphatic rings. The Morgan fingerprint density at radius 3 is 2.58 bits per heavy atom. The Kier molecular flexibility index (Phi) is 6.76. The molecule has 1 heterocycles. The maximum atomic E-state index is 12.1. The highest BCUT2D eigenvalue weighted by Gasteiger charge is 2.09. The topological polar surface area (TPSA) is 112 Å². The SMILES string of the molecule is COc1ccc(/C=N\NC(=O)Cc2ccc([N+](=O)[O-])cc2)cc1Cn1nc(C)cc1C. The number of hydrazone groups is 1. The lowest BCUT2D eigenvalue weighted by Gasteiger charge is -2.11. The predicted octanol–water partition coefficient (Wildman–Crippen LogP) is 3.16. The van der Waals surface area contributed by atoms with E-state index in [2.05, 4.69) is 15.6 Å². The second-order valence-corrected chi connectivity index (χ2v) is 7.05. The number of non-ortho nitro benzene ring substituents is 1. The molecule has 3 rings (SSSR count). The van der Waals surface area contributed by atoms with Gasteiger partial charge in [-0.25, -0.2) is 5.43 Å². The monoisotopic (exact) mass is 421 g/mol. The van der Waals surface area contributed by atoms with Crippen molar-refractivity contribution in [2.24, 2.45) is 5.10 Å². The van der Waals surface area contributed by atoms with Gasteiger partial charge in [0, 0.05) is 23.4 Å². The summed E-state index contributed by atoms with van der Waals surface area (Å²) in [7, 11) is 1.62. The van der Waals surface area contributed by atoms with Crippen LogP contribution in [-0.2, 0) is 17.8 Å². The fraction of sp³-hybridized carbons (Fsp3) is 0.227. The van der Waals surface area contributed by atoms with Crippen LogP contribution in [0.15, 0.2) is 53.6 Å². The number of benzene rings is 2. The van der Waals surface area contributed by atoms with Gasteiger partial charge in [-0.2, -0.15) is 10.2 Å². The molecule has 1 amide bonds. The van der Waals surface area contributed by atoms with E-state index in [1.165, 1.54) is 12.1 Å². The number of carbonyl (C=O) groups is 1. The number of nitro benzene ring substituents is 1. The van der Waals surface area contributed by atoms with Crippen molar-refractivity contribution in [1.82, 2.24) is 15.2 Å². The smallest absolute Gasteiger partial charge is 0.269 e. The van der Waals surface area contributed by atoms with Crippen molar-refractivity contribution in [3.05, 3.63) is 86.7 Å². The van der Waals surface area contributed by atoms with Crippen LogP contribution in [0.4, 0.5) is 5.69 Å². The van der Waals surface area contributed by atoms with E-state index in [4.69, 9.17) is 4.74 Å². The molecular weight excluding hydrogens is 398 g/mol. The van der Waals surface area contributed by atoms with Crippen LogP contribution in [0.3, 0.4) is 0 Å². The fourth-order valence-corrected chi connectivity index (χ4v) is 3.14. The molecule has 0 saturated heterocycles. The molecule has 0 aliphatic heterocycles. The minimum absolute atomic E-state index is 0.0158. The number of amides is 1. The average molecular weight is 421 g/mol. The Hall–Kier alpha value is -4.01. The van der Waals surface area contributed by atoms with Gasteiger partial charge in [0.1, 0.15) is 5.75 Å². The Labute approximate surface area is 179 Å². The molecular formula is C22H23N5O4. The van der Waals surface area contributed by atoms with Crippen LogP contribution < -0.4 is 10.2 Å². The van der Waals surface area contributed by atoms with Gasteiger partial charge >= 0.3 is 0 Å². The van der Waals surface area contributed by atoms with E-state index < -0.39 is 4.92 Å². The zero-order valence-corrected chi connectivity index (χ0v) is 17.5. The van der Waals surface area contributed by atoms with Crippen molar-refractivity contribution >= 4 is 17.8 Å². The first kappa shape index (κ1) is 21.7. The van der Waals surface area contributed by atoms with Crippen molar-refractivity contribution in [3.63, 3.8) is 0 Å². The van der Waals surface area contributed by atoms with E-state index in [-0.39, 0.29) is 18.0 Å². The zero-order chi connectivity index (χ0) is 22.4. The minimum atomic E-state index is -0.480. The van der Waals surface area contributed by atoms with Gasteiger partial charge in [-0.1, -0.05) is 12.1 Å². The Morgan fingerprint density at radius 2 is 1.97 bits per heavy atom. The van der Waals surface area contributed by atoms with Crippen LogP contribution in [0, 0.1) is 24.0 Å². The highest BCUT2D eigenvalue weighted by Crippen LogP contribution is 2.21. The number of methoxy groups -OCH3 is 1. The van der Waals surface area contributed by atoms with Gasteiger partial charge in [0.05, 0.1) is 36.9 Å². The largest absolute Gasteiger partial charge is 0.496 e. The molecule has 9 heteroatoms. The van der Waals surface area contributed by atoms with Gasteiger partial charge in [0.2, 0.25) is 5.91 Å². The highest BCUT2D eigenvalue weighted by molar-refractivity contribution is 5.83. The summed E-state index contributed by atoms with van der Waals surface area (Å²) in [5.41, 5.74) is 6.86. The normalized spacial score (nSPS) is 10.9. The van der Waals surface area contributed by atoms with Crippen LogP contribution in [0.5, 0.6) is 5.75 Å². The first-order valence-electron chi connectivity index (χ1n) is 9.59. The molecule has 0 spiro atoms. The first-order chi connectivity index (χ1) is 14.9. The molecule has 0 aliphatic carbocycles. The second kappa shape index (κ2) is 9.66. The molecule has 31 heavy (non-hydrogen) atoms. The van der Waals surface area contributed by atoms with Gasteiger partial charge in [0.25, 0.3) is 5.69 Å². The molecule has 0 fully saturated rings. The number of aromatic nitrogens is 2. The van der Waals surface area contributed by atoms with E-state index in [9.17, 15) is 14.9 Å². The third-order valence-corrected chi connectivity index (χ3v) is 4.64. The fourth-order valence-electron chi connectivity index (χ4n) is 3.14. The molecule has 0 unspecified atom stereocenters. The van der Waals surface area contributed by atoms with Gasteiger partial charge in [0.15, 0.2) is 0 Å². The third-order valence-electron chi connectivity index (χ3n) is 4.64. The number of nitro groups is 1. The van der Waals surface area contributed by atoms with Crippen LogP contribution in [0.25, 0.3) is 0 Å². The summed E-state index contributed by atoms with van der Waals surface area (Å²) in [4.78, 5) is 22.3. The van der Waals surface area contributed by atoms with Crippen molar-refractivity contribution < 1.29 is 14.5 Å². The number of carbonyl (C=O) groups excluding carboxylic acids is 1. The van der Waals surface area contributed by atoms with Gasteiger partial charge < -0.3 is 4.74 Å². The summed E-state index contributed by atoms with van der Waals surface area (Å²) < 4.78 is 7.36. The van der Waals surface area contributed by atoms with Gasteiger partial charge in [-0.05, 0) is 49.2 Å². The molecule has 2 aromatic carbocycles. The van der Waals surface area contributed by atoms with Crippen molar-refractivity contribution in [2.75, 3.05) is 7.11 Å². The summed E-state index contributed by atoms with van der Waals surface area (Å²) in [6, 6.07) is 13.5. The molecule has 0 bridgehead atoms. The van der Waals surface area contributed by atoms with E-state index in [0.29, 0.717) is 12.1 Å². The molecule has 0 atom stereocenters. The maximum absolute atomic E-state index is 12.1. The summed E-state index contributed by atoms with van der Waals surface area (Å²) >= 11 is 0. The van der Waals surface area contributed by atoms with E-state index >= 15 is 0 Å². The van der Waals surface area contributed by atoms with E-state index in [1.54, 1.807) is 25.5 Å². The van der Waals surface area contributed by atoms with Gasteiger partial charge in [-0.15, -0.1) is 0 Å². The van der Waals surface area contributed by atoms with E-state index in [0.717, 1.165) is 28.3 Å². The minimum Gasteiger partial charge on any atom is -0.496 e. The highest BCUT2D eigenvalue weighted by atomic mass is 16.6. The number of rotatable bonds is 8. The van der Waals surface area contributed by atoms with E-state index in [1.807, 2.05) is 42.8 Å². The number of ether oxygens (including phenoxy) is 1. The van der Waals surface area contributed by atoms with Gasteiger partial charge in [-0.3, -0.25) is 19.6 Å². The van der Waals surface area contributed by atoms with Crippen molar-refractivity contribution in [1.29, 1.82) is 0 Å². The zero-order valence-electron chi connectivity index (χ0n) is 17.5. The lowest BCUT2D eigenvalue weighted by Crippen LogP contribution is -2.19. The van der Waals surface area contributed by atoms with Crippen molar-refractivity contribution in [3.8, 4) is 5.75 Å². The van der Waals surface area contributed by atoms with Crippen LogP contribution in [-0.4, -0.2) is 33.9 Å². The molecule has 0 radical (unpaired) electrons. The third kappa shape index (κ3) is 5.75. The number of nitrogens with zero attached hydrogens (tertiary/aromatic N) is 4. The summed E-state index contributed by atoms with van der Waals surface area (Å²) in [5, 5.41) is 19.2. The number of hydrogen-bond acceptors (Lipinski definition) is 6. The summed E-state index contributed by atoms with van der Waals surface area (Å²) in [6.07, 6.45) is 1.62. The Morgan fingerprint density at radius 1 is 1.23 bits per heavy atom. The molecule has 0 saturated carbocycles. The molecule has 160 valence electrons. The van der Waals surface area contributed by atoms with Crippen LogP contribution in [0.1, 0.15) is 28.1 Å². The van der Waals surface area contributed by atoms with Crippen LogP contribution in [0.2, 0.25) is 0 Å². The summed E-state index contributed by atoms with van der Waals surface area (Å²) in [6.45, 7) is 4.50. The first-order valence-corrected chi connectivity index (χ1v) is 9.59. The predicted molar refractivity (Wildman–Crippen MR) is 116 cm³/mol. The quantitative estimate of drug-likeness (QED) is 0.341. The number of nitrogens with one attached hydrogen (secondary N) is 1. The Bertz CT molecular complexity index is 1120. The molecule has 9 nitrogen and oxygen atoms in total. The lowest BCUT2D eigenvalue weighted by atomic mass is 10.1. The Balaban J connectivity index is 1.64. The van der Waals surface area contributed by atoms with Crippen molar-refractivity contribution in [2.45, 2.75) is 26.8 Å². The molecule has 1 aromatic heterocycles. The average Bonchev–Trinajstić information content (AvgIpc) is 3.05. The molecule has 1 N–H and O–H groups in total. The maximum Gasteiger partial charge on any atom is 0.269 e. The standard InChI is InChI=1S/C22H23N5O4/c1-15-10-16(2)26(25-15)14-19-11-18(6-9-21(19)31-3)13-23-24-22(28)12-17-4-7-20(8-5-17)27(29)30/h4-11,13H,12,14H2,1-3H3,(H,24,28)/b23-13-. The molecule has 3 aromatic rings. The summed E-state index contributed by atoms with van der Waals surface area (Å²) in [5.74, 6) is 0.424. The number of hydrogen-bond donors (Lipinski definition) is 1.